The number of nitrogens with one attached hydrogen (secondary N) is 2. The highest BCUT2D eigenvalue weighted by atomic mass is 32.2. The number of rotatable bonds is 5. The molecule has 2 aromatic heterocycles. The number of pyridine rings is 1. The molecule has 4 aromatic rings. The molecule has 0 aliphatic rings. The quantitative estimate of drug-likeness (QED) is 0.430. The van der Waals surface area contributed by atoms with Crippen molar-refractivity contribution in [2.75, 3.05) is 10.6 Å². The highest BCUT2D eigenvalue weighted by molar-refractivity contribution is 7.98. The number of carbonyl (C=O) groups excluding carboxylic acids is 1. The van der Waals surface area contributed by atoms with Crippen LogP contribution >= 0.6 is 11.8 Å². The first-order chi connectivity index (χ1) is 15.0. The van der Waals surface area contributed by atoms with Crippen LogP contribution in [0.3, 0.4) is 0 Å². The number of para-hydroxylation sites is 2. The Kier molecular flexibility index (Phi) is 5.99. The van der Waals surface area contributed by atoms with Crippen LogP contribution < -0.4 is 16.2 Å². The lowest BCUT2D eigenvalue weighted by Gasteiger charge is -2.12. The molecule has 4 rings (SSSR count). The average molecular weight is 434 g/mol. The summed E-state index contributed by atoms with van der Waals surface area (Å²) in [6, 6.07) is 17.9. The van der Waals surface area contributed by atoms with Crippen molar-refractivity contribution in [1.82, 2.24) is 9.38 Å². The monoisotopic (exact) mass is 434 g/mol. The van der Waals surface area contributed by atoms with Gasteiger partial charge in [0.15, 0.2) is 0 Å². The smallest absolute Gasteiger partial charge is 0.307 e. The van der Waals surface area contributed by atoms with Crippen LogP contribution in [0.5, 0.6) is 0 Å². The number of nitrogens with zero attached hydrogens (tertiary/aromatic N) is 2. The summed E-state index contributed by atoms with van der Waals surface area (Å²) in [6.07, 6.45) is 1.76. The fourth-order valence-corrected chi connectivity index (χ4v) is 3.92. The molecule has 2 amide bonds. The highest BCUT2D eigenvalue weighted by Gasteiger charge is 2.10. The molecular formula is C23H19FN4O2S. The number of aryl methyl sites for hydroxylation is 1. The molecule has 0 saturated carbocycles. The summed E-state index contributed by atoms with van der Waals surface area (Å²) >= 11 is 1.44. The Morgan fingerprint density at radius 1 is 1.03 bits per heavy atom. The van der Waals surface area contributed by atoms with Gasteiger partial charge < -0.3 is 10.6 Å². The van der Waals surface area contributed by atoms with Gasteiger partial charge in [-0.05, 0) is 42.8 Å². The lowest BCUT2D eigenvalue weighted by molar-refractivity contribution is 0.262. The lowest BCUT2D eigenvalue weighted by Crippen LogP contribution is -2.20. The lowest BCUT2D eigenvalue weighted by atomic mass is 10.3. The van der Waals surface area contributed by atoms with Crippen molar-refractivity contribution in [3.8, 4) is 0 Å². The van der Waals surface area contributed by atoms with Gasteiger partial charge in [0.2, 0.25) is 0 Å². The van der Waals surface area contributed by atoms with Gasteiger partial charge in [-0.15, -0.1) is 11.8 Å². The van der Waals surface area contributed by atoms with Gasteiger partial charge >= 0.3 is 6.03 Å². The molecule has 0 saturated heterocycles. The van der Waals surface area contributed by atoms with Crippen molar-refractivity contribution in [3.63, 3.8) is 0 Å². The highest BCUT2D eigenvalue weighted by Crippen LogP contribution is 2.29. The van der Waals surface area contributed by atoms with Crippen LogP contribution in [-0.4, -0.2) is 15.4 Å². The van der Waals surface area contributed by atoms with Gasteiger partial charge in [-0.1, -0.05) is 30.3 Å². The molecule has 6 nitrogen and oxygen atoms in total. The van der Waals surface area contributed by atoms with E-state index in [1.165, 1.54) is 34.4 Å². The van der Waals surface area contributed by atoms with Crippen molar-refractivity contribution < 1.29 is 9.18 Å². The maximum atomic E-state index is 13.8. The third-order valence-corrected chi connectivity index (χ3v) is 5.60. The van der Waals surface area contributed by atoms with Crippen molar-refractivity contribution in [2.24, 2.45) is 0 Å². The van der Waals surface area contributed by atoms with E-state index < -0.39 is 11.8 Å². The van der Waals surface area contributed by atoms with E-state index in [0.717, 1.165) is 10.5 Å². The number of anilines is 2. The van der Waals surface area contributed by atoms with Gasteiger partial charge in [0.05, 0.1) is 17.1 Å². The minimum Gasteiger partial charge on any atom is -0.307 e. The van der Waals surface area contributed by atoms with Gasteiger partial charge in [0.25, 0.3) is 5.56 Å². The molecule has 0 radical (unpaired) electrons. The van der Waals surface area contributed by atoms with Gasteiger partial charge in [-0.2, -0.15) is 0 Å². The van der Waals surface area contributed by atoms with E-state index >= 15 is 0 Å². The molecule has 31 heavy (non-hydrogen) atoms. The van der Waals surface area contributed by atoms with Crippen LogP contribution in [0.1, 0.15) is 11.3 Å². The van der Waals surface area contributed by atoms with Gasteiger partial charge in [0.1, 0.15) is 11.5 Å². The van der Waals surface area contributed by atoms with Crippen LogP contribution in [0.2, 0.25) is 0 Å². The zero-order valence-electron chi connectivity index (χ0n) is 16.6. The largest absolute Gasteiger partial charge is 0.323 e. The maximum absolute atomic E-state index is 13.8. The molecule has 2 N–H and O–H groups in total. The molecule has 2 aromatic carbocycles. The number of carbonyl (C=O) groups is 1. The third kappa shape index (κ3) is 4.92. The summed E-state index contributed by atoms with van der Waals surface area (Å²) in [5.41, 5.74) is 2.75. The van der Waals surface area contributed by atoms with E-state index in [-0.39, 0.29) is 11.2 Å². The predicted molar refractivity (Wildman–Crippen MR) is 121 cm³/mol. The number of amides is 2. The normalized spacial score (nSPS) is 10.8. The van der Waals surface area contributed by atoms with E-state index in [2.05, 4.69) is 15.6 Å². The molecule has 0 aliphatic heterocycles. The molecule has 0 atom stereocenters. The minimum atomic E-state index is -0.546. The standard InChI is InChI=1S/C23H19FN4O2S/c1-15-10-11-21-25-16(12-22(29)28(21)13-15)14-31-20-9-5-4-8-19(20)27-23(30)26-18-7-3-2-6-17(18)24/h2-13H,14H2,1H3,(H2,26,27,30). The Labute approximate surface area is 182 Å². The van der Waals surface area contributed by atoms with Gasteiger partial charge in [-0.25, -0.2) is 14.2 Å². The molecule has 8 heteroatoms. The second-order valence-corrected chi connectivity index (χ2v) is 7.88. The minimum absolute atomic E-state index is 0.0983. The van der Waals surface area contributed by atoms with Crippen molar-refractivity contribution >= 4 is 34.8 Å². The Hall–Kier alpha value is -3.65. The summed E-state index contributed by atoms with van der Waals surface area (Å²) in [6.45, 7) is 1.92. The van der Waals surface area contributed by atoms with E-state index in [0.29, 0.717) is 22.8 Å². The number of hydrogen-bond acceptors (Lipinski definition) is 4. The van der Waals surface area contributed by atoms with Crippen LogP contribution in [-0.2, 0) is 5.75 Å². The summed E-state index contributed by atoms with van der Waals surface area (Å²) in [4.78, 5) is 30.1. The van der Waals surface area contributed by atoms with Crippen LogP contribution in [0, 0.1) is 12.7 Å². The van der Waals surface area contributed by atoms with Crippen LogP contribution in [0.25, 0.3) is 5.65 Å². The number of halogens is 1. The Morgan fingerprint density at radius 2 is 1.74 bits per heavy atom. The molecular weight excluding hydrogens is 415 g/mol. The van der Waals surface area contributed by atoms with E-state index in [1.54, 1.807) is 30.5 Å². The third-order valence-electron chi connectivity index (χ3n) is 4.49. The summed E-state index contributed by atoms with van der Waals surface area (Å²) in [5.74, 6) is -0.0584. The first-order valence-electron chi connectivity index (χ1n) is 9.53. The maximum Gasteiger partial charge on any atom is 0.323 e. The molecule has 0 fully saturated rings. The SMILES string of the molecule is Cc1ccc2nc(CSc3ccccc3NC(=O)Nc3ccccc3F)cc(=O)n2c1. The molecule has 156 valence electrons. The molecule has 0 unspecified atom stereocenters. The number of fused-ring (bicyclic) bond motifs is 1. The van der Waals surface area contributed by atoms with Gasteiger partial charge in [0, 0.05) is 22.9 Å². The summed E-state index contributed by atoms with van der Waals surface area (Å²) in [7, 11) is 0. The van der Waals surface area contributed by atoms with E-state index in [4.69, 9.17) is 0 Å². The summed E-state index contributed by atoms with van der Waals surface area (Å²) < 4.78 is 15.3. The number of benzene rings is 2. The fraction of sp³-hybridized carbons (Fsp3) is 0.0870. The Bertz CT molecular complexity index is 1320. The van der Waals surface area contributed by atoms with E-state index in [9.17, 15) is 14.0 Å². The number of thioether (sulfide) groups is 1. The summed E-state index contributed by atoms with van der Waals surface area (Å²) in [5, 5.41) is 5.25. The Balaban J connectivity index is 1.48. The van der Waals surface area contributed by atoms with Crippen molar-refractivity contribution in [2.45, 2.75) is 17.6 Å². The van der Waals surface area contributed by atoms with Crippen molar-refractivity contribution in [1.29, 1.82) is 0 Å². The van der Waals surface area contributed by atoms with Crippen LogP contribution in [0.15, 0.2) is 82.6 Å². The first kappa shape index (κ1) is 20.6. The second kappa shape index (κ2) is 9.01. The predicted octanol–water partition coefficient (Wildman–Crippen LogP) is 5.08. The number of aromatic nitrogens is 2. The van der Waals surface area contributed by atoms with Gasteiger partial charge in [-0.3, -0.25) is 9.20 Å². The number of urea groups is 1. The average Bonchev–Trinajstić information content (AvgIpc) is 2.75. The van der Waals surface area contributed by atoms with Crippen molar-refractivity contribution in [3.05, 3.63) is 100 Å². The van der Waals surface area contributed by atoms with Crippen LogP contribution in [0.4, 0.5) is 20.6 Å². The first-order valence-corrected chi connectivity index (χ1v) is 10.5. The number of hydrogen-bond donors (Lipinski definition) is 2. The molecule has 0 spiro atoms. The second-order valence-electron chi connectivity index (χ2n) is 6.86. The topological polar surface area (TPSA) is 75.5 Å². The van der Waals surface area contributed by atoms with E-state index in [1.807, 2.05) is 31.2 Å². The fourth-order valence-electron chi connectivity index (χ4n) is 3.02. The molecule has 0 bridgehead atoms. The zero-order valence-corrected chi connectivity index (χ0v) is 17.4. The Morgan fingerprint density at radius 3 is 2.55 bits per heavy atom. The zero-order chi connectivity index (χ0) is 21.8. The molecule has 2 heterocycles. The molecule has 0 aliphatic carbocycles.